The molecule has 1 aliphatic rings. The van der Waals surface area contributed by atoms with E-state index in [2.05, 4.69) is 53.8 Å². The van der Waals surface area contributed by atoms with Gasteiger partial charge in [0.1, 0.15) is 16.5 Å². The molecule has 0 saturated carbocycles. The Bertz CT molecular complexity index is 1250. The molecule has 182 valence electrons. The zero-order valence-electron chi connectivity index (χ0n) is 19.5. The lowest BCUT2D eigenvalue weighted by molar-refractivity contribution is 0.133. The van der Waals surface area contributed by atoms with Gasteiger partial charge in [-0.15, -0.1) is 0 Å². The van der Waals surface area contributed by atoms with Crippen LogP contribution in [0.15, 0.2) is 36.5 Å². The van der Waals surface area contributed by atoms with Crippen molar-refractivity contribution in [1.82, 2.24) is 24.8 Å². The first-order valence-corrected chi connectivity index (χ1v) is 13.7. The van der Waals surface area contributed by atoms with Gasteiger partial charge in [0.15, 0.2) is 5.65 Å². The summed E-state index contributed by atoms with van der Waals surface area (Å²) in [5, 5.41) is 3.53. The van der Waals surface area contributed by atoms with Gasteiger partial charge in [0.05, 0.1) is 18.1 Å². The van der Waals surface area contributed by atoms with Crippen molar-refractivity contribution in [3.63, 3.8) is 0 Å². The van der Waals surface area contributed by atoms with Crippen LogP contribution in [0.4, 0.5) is 17.2 Å². The van der Waals surface area contributed by atoms with Gasteiger partial charge in [0.2, 0.25) is 10.0 Å². The maximum absolute atomic E-state index is 11.7. The Labute approximate surface area is 205 Å². The molecule has 3 heterocycles. The first-order chi connectivity index (χ1) is 16.3. The van der Waals surface area contributed by atoms with Crippen LogP contribution < -0.4 is 10.0 Å². The monoisotopic (exact) mass is 503 g/mol. The Balaban J connectivity index is 1.48. The van der Waals surface area contributed by atoms with Crippen molar-refractivity contribution in [2.45, 2.75) is 19.8 Å². The number of anilines is 3. The molecule has 9 nitrogen and oxygen atoms in total. The van der Waals surface area contributed by atoms with E-state index in [-0.39, 0.29) is 16.6 Å². The molecule has 0 aliphatic carbocycles. The third-order valence-corrected chi connectivity index (χ3v) is 6.47. The molecule has 0 bridgehead atoms. The quantitative estimate of drug-likeness (QED) is 0.458. The number of benzene rings is 1. The molecule has 34 heavy (non-hydrogen) atoms. The SMILES string of the molecule is CCCN1CCN(CCc2cccc(Nc3cc(NS(C)(=O)=O)nc4nc(Cl)cnc34)c2)CC1. The standard InChI is InChI=1S/C23H30ClN7O2S/c1-3-8-30-10-12-31(13-11-30)9-7-17-5-4-6-18(14-17)26-19-15-21(29-34(2,32)33)28-23-22(19)25-16-20(24)27-23/h4-6,14-16H,3,7-13H2,1-2H3,(H2,26,27,28,29). The van der Waals surface area contributed by atoms with E-state index in [1.807, 2.05) is 12.1 Å². The second-order valence-corrected chi connectivity index (χ2v) is 10.7. The maximum Gasteiger partial charge on any atom is 0.230 e. The van der Waals surface area contributed by atoms with Crippen molar-refractivity contribution in [1.29, 1.82) is 0 Å². The van der Waals surface area contributed by atoms with Crippen molar-refractivity contribution in [3.8, 4) is 0 Å². The minimum atomic E-state index is -3.51. The summed E-state index contributed by atoms with van der Waals surface area (Å²) in [6.45, 7) is 8.93. The van der Waals surface area contributed by atoms with Gasteiger partial charge in [0.25, 0.3) is 0 Å². The van der Waals surface area contributed by atoms with E-state index in [9.17, 15) is 8.42 Å². The van der Waals surface area contributed by atoms with Crippen LogP contribution in [0.25, 0.3) is 11.2 Å². The van der Waals surface area contributed by atoms with E-state index in [0.717, 1.165) is 51.1 Å². The van der Waals surface area contributed by atoms with Gasteiger partial charge in [0, 0.05) is 44.5 Å². The zero-order chi connectivity index (χ0) is 24.1. The molecule has 2 N–H and O–H groups in total. The number of piperazine rings is 1. The molecule has 1 fully saturated rings. The van der Waals surface area contributed by atoms with Crippen molar-refractivity contribution < 1.29 is 8.42 Å². The number of fused-ring (bicyclic) bond motifs is 1. The number of sulfonamides is 1. The first-order valence-electron chi connectivity index (χ1n) is 11.4. The lowest BCUT2D eigenvalue weighted by Crippen LogP contribution is -2.46. The van der Waals surface area contributed by atoms with Crippen LogP contribution in [0, 0.1) is 0 Å². The van der Waals surface area contributed by atoms with Gasteiger partial charge in [-0.3, -0.25) is 4.72 Å². The van der Waals surface area contributed by atoms with Gasteiger partial charge in [-0.2, -0.15) is 0 Å². The molecule has 0 spiro atoms. The number of aromatic nitrogens is 3. The van der Waals surface area contributed by atoms with Gasteiger partial charge in [-0.05, 0) is 37.1 Å². The van der Waals surface area contributed by atoms with E-state index >= 15 is 0 Å². The molecule has 0 radical (unpaired) electrons. The van der Waals surface area contributed by atoms with E-state index < -0.39 is 10.0 Å². The summed E-state index contributed by atoms with van der Waals surface area (Å²) in [6.07, 6.45) is 4.67. The van der Waals surface area contributed by atoms with Crippen molar-refractivity contribution >= 4 is 50.0 Å². The number of halogens is 1. The minimum absolute atomic E-state index is 0.146. The molecule has 1 aliphatic heterocycles. The second-order valence-electron chi connectivity index (χ2n) is 8.55. The Kier molecular flexibility index (Phi) is 7.82. The lowest BCUT2D eigenvalue weighted by atomic mass is 10.1. The summed E-state index contributed by atoms with van der Waals surface area (Å²) < 4.78 is 25.9. The fraction of sp³-hybridized carbons (Fsp3) is 0.435. The number of hydrogen-bond donors (Lipinski definition) is 2. The summed E-state index contributed by atoms with van der Waals surface area (Å²) in [6, 6.07) is 9.81. The van der Waals surface area contributed by atoms with Gasteiger partial charge in [-0.25, -0.2) is 23.4 Å². The summed E-state index contributed by atoms with van der Waals surface area (Å²) in [5.74, 6) is 0.146. The number of rotatable bonds is 9. The van der Waals surface area contributed by atoms with Crippen LogP contribution in [0.3, 0.4) is 0 Å². The Morgan fingerprint density at radius 1 is 1.06 bits per heavy atom. The molecule has 0 amide bonds. The third kappa shape index (κ3) is 6.75. The molecule has 0 atom stereocenters. The van der Waals surface area contributed by atoms with Crippen LogP contribution in [0.2, 0.25) is 5.15 Å². The Morgan fingerprint density at radius 3 is 2.50 bits per heavy atom. The number of pyridine rings is 1. The third-order valence-electron chi connectivity index (χ3n) is 5.70. The van der Waals surface area contributed by atoms with E-state index in [4.69, 9.17) is 11.6 Å². The molecule has 4 rings (SSSR count). The van der Waals surface area contributed by atoms with E-state index in [0.29, 0.717) is 11.2 Å². The van der Waals surface area contributed by atoms with Crippen molar-refractivity contribution in [2.75, 3.05) is 55.6 Å². The summed E-state index contributed by atoms with van der Waals surface area (Å²) in [5.41, 5.74) is 3.44. The molecule has 2 aromatic heterocycles. The normalized spacial score (nSPS) is 15.5. The number of nitrogens with zero attached hydrogens (tertiary/aromatic N) is 5. The molecule has 11 heteroatoms. The predicted octanol–water partition coefficient (Wildman–Crippen LogP) is 3.36. The van der Waals surface area contributed by atoms with Crippen molar-refractivity contribution in [2.24, 2.45) is 0 Å². The largest absolute Gasteiger partial charge is 0.354 e. The minimum Gasteiger partial charge on any atom is -0.354 e. The highest BCUT2D eigenvalue weighted by Crippen LogP contribution is 2.27. The van der Waals surface area contributed by atoms with Gasteiger partial charge in [-0.1, -0.05) is 30.7 Å². The van der Waals surface area contributed by atoms with Crippen molar-refractivity contribution in [3.05, 3.63) is 47.2 Å². The summed E-state index contributed by atoms with van der Waals surface area (Å²) >= 11 is 5.98. The Hall–Kier alpha value is -2.53. The molecular formula is C23H30ClN7O2S. The average molecular weight is 504 g/mol. The first kappa shape index (κ1) is 24.6. The molecule has 1 saturated heterocycles. The van der Waals surface area contributed by atoms with Crippen LogP contribution >= 0.6 is 11.6 Å². The van der Waals surface area contributed by atoms with E-state index in [1.165, 1.54) is 24.7 Å². The molecule has 3 aromatic rings. The predicted molar refractivity (Wildman–Crippen MR) is 137 cm³/mol. The van der Waals surface area contributed by atoms with Crippen LogP contribution in [-0.2, 0) is 16.4 Å². The highest BCUT2D eigenvalue weighted by atomic mass is 35.5. The summed E-state index contributed by atoms with van der Waals surface area (Å²) in [7, 11) is -3.51. The summed E-state index contributed by atoms with van der Waals surface area (Å²) in [4.78, 5) is 17.8. The average Bonchev–Trinajstić information content (AvgIpc) is 2.78. The topological polar surface area (TPSA) is 103 Å². The zero-order valence-corrected chi connectivity index (χ0v) is 21.0. The van der Waals surface area contributed by atoms with E-state index in [1.54, 1.807) is 6.07 Å². The molecule has 1 aromatic carbocycles. The molecule has 0 unspecified atom stereocenters. The number of hydrogen-bond acceptors (Lipinski definition) is 8. The van der Waals surface area contributed by atoms with Crippen LogP contribution in [-0.4, -0.2) is 78.7 Å². The van der Waals surface area contributed by atoms with Gasteiger partial charge >= 0.3 is 0 Å². The Morgan fingerprint density at radius 2 is 1.79 bits per heavy atom. The van der Waals surface area contributed by atoms with Crippen LogP contribution in [0.5, 0.6) is 0 Å². The highest BCUT2D eigenvalue weighted by molar-refractivity contribution is 7.92. The fourth-order valence-corrected chi connectivity index (χ4v) is 4.73. The fourth-order valence-electron chi connectivity index (χ4n) is 4.12. The van der Waals surface area contributed by atoms with Gasteiger partial charge < -0.3 is 15.1 Å². The smallest absolute Gasteiger partial charge is 0.230 e. The highest BCUT2D eigenvalue weighted by Gasteiger charge is 2.16. The number of nitrogens with one attached hydrogen (secondary N) is 2. The molecular weight excluding hydrogens is 474 g/mol. The van der Waals surface area contributed by atoms with Crippen LogP contribution in [0.1, 0.15) is 18.9 Å². The lowest BCUT2D eigenvalue weighted by Gasteiger charge is -2.34. The maximum atomic E-state index is 11.7. The second kappa shape index (κ2) is 10.8.